The number of carboxylic acids is 1. The van der Waals surface area contributed by atoms with Gasteiger partial charge in [-0.1, -0.05) is 12.1 Å². The van der Waals surface area contributed by atoms with Crippen LogP contribution in [0, 0.1) is 0 Å². The lowest BCUT2D eigenvalue weighted by molar-refractivity contribution is -0.138. The number of hydrogen-bond acceptors (Lipinski definition) is 4. The van der Waals surface area contributed by atoms with Crippen molar-refractivity contribution in [3.63, 3.8) is 0 Å². The van der Waals surface area contributed by atoms with Crippen molar-refractivity contribution in [2.45, 2.75) is 30.7 Å². The van der Waals surface area contributed by atoms with E-state index in [1.165, 1.54) is 12.1 Å². The van der Waals surface area contributed by atoms with E-state index in [2.05, 4.69) is 5.32 Å². The lowest BCUT2D eigenvalue weighted by Crippen LogP contribution is -2.27. The standard InChI is InChI=1S/C12H16N2O5S/c1-8(14-11(15)6-7-12(16)17)9-2-4-10(5-3-9)20(13,18)19/h2-5,8H,6-7H2,1H3,(H,14,15)(H,16,17)(H2,13,18,19). The molecule has 0 aliphatic carbocycles. The van der Waals surface area contributed by atoms with Gasteiger partial charge in [0.15, 0.2) is 0 Å². The minimum atomic E-state index is -3.74. The molecule has 1 aromatic carbocycles. The molecule has 4 N–H and O–H groups in total. The second kappa shape index (κ2) is 6.49. The summed E-state index contributed by atoms with van der Waals surface area (Å²) in [6.07, 6.45) is -0.335. The van der Waals surface area contributed by atoms with Crippen molar-refractivity contribution in [2.24, 2.45) is 5.14 Å². The Labute approximate surface area is 116 Å². The second-order valence-corrected chi connectivity index (χ2v) is 5.86. The molecule has 7 nitrogen and oxygen atoms in total. The molecule has 0 fully saturated rings. The Morgan fingerprint density at radius 2 is 1.80 bits per heavy atom. The first-order valence-corrected chi connectivity index (χ1v) is 7.38. The van der Waals surface area contributed by atoms with E-state index in [0.717, 1.165) is 0 Å². The fourth-order valence-corrected chi connectivity index (χ4v) is 2.08. The van der Waals surface area contributed by atoms with Gasteiger partial charge in [0.2, 0.25) is 15.9 Å². The van der Waals surface area contributed by atoms with Gasteiger partial charge in [0, 0.05) is 6.42 Å². The molecule has 0 bridgehead atoms. The molecule has 110 valence electrons. The molecule has 0 saturated carbocycles. The molecular formula is C12H16N2O5S. The van der Waals surface area contributed by atoms with Crippen LogP contribution in [0.1, 0.15) is 31.4 Å². The molecule has 0 heterocycles. The number of rotatable bonds is 6. The molecule has 1 unspecified atom stereocenters. The van der Waals surface area contributed by atoms with Gasteiger partial charge < -0.3 is 10.4 Å². The van der Waals surface area contributed by atoms with Crippen LogP contribution in [0.3, 0.4) is 0 Å². The Morgan fingerprint density at radius 3 is 2.25 bits per heavy atom. The van der Waals surface area contributed by atoms with E-state index in [0.29, 0.717) is 5.56 Å². The predicted octanol–water partition coefficient (Wildman–Crippen LogP) is 0.376. The molecule has 0 aliphatic rings. The van der Waals surface area contributed by atoms with Crippen LogP contribution in [-0.4, -0.2) is 25.4 Å². The van der Waals surface area contributed by atoms with Crippen LogP contribution in [-0.2, 0) is 19.6 Å². The molecule has 20 heavy (non-hydrogen) atoms. The number of amides is 1. The minimum absolute atomic E-state index is 0.00865. The van der Waals surface area contributed by atoms with Gasteiger partial charge >= 0.3 is 5.97 Å². The summed E-state index contributed by atoms with van der Waals surface area (Å²) in [4.78, 5) is 21.8. The normalized spacial score (nSPS) is 12.7. The van der Waals surface area contributed by atoms with Gasteiger partial charge in [-0.3, -0.25) is 9.59 Å². The number of hydrogen-bond donors (Lipinski definition) is 3. The first-order valence-electron chi connectivity index (χ1n) is 5.84. The van der Waals surface area contributed by atoms with Crippen molar-refractivity contribution >= 4 is 21.9 Å². The largest absolute Gasteiger partial charge is 0.481 e. The molecule has 0 saturated heterocycles. The van der Waals surface area contributed by atoms with Crippen molar-refractivity contribution in [1.82, 2.24) is 5.32 Å². The van der Waals surface area contributed by atoms with Crippen LogP contribution in [0.2, 0.25) is 0 Å². The van der Waals surface area contributed by atoms with Crippen LogP contribution in [0.4, 0.5) is 0 Å². The lowest BCUT2D eigenvalue weighted by atomic mass is 10.1. The van der Waals surface area contributed by atoms with Gasteiger partial charge in [0.05, 0.1) is 17.4 Å². The summed E-state index contributed by atoms with van der Waals surface area (Å²) in [5.41, 5.74) is 0.695. The van der Waals surface area contributed by atoms with E-state index in [9.17, 15) is 18.0 Å². The minimum Gasteiger partial charge on any atom is -0.481 e. The quantitative estimate of drug-likeness (QED) is 0.699. The summed E-state index contributed by atoms with van der Waals surface area (Å²) < 4.78 is 22.2. The number of carbonyl (C=O) groups excluding carboxylic acids is 1. The van der Waals surface area contributed by atoms with Crippen LogP contribution in [0.25, 0.3) is 0 Å². The Bertz CT molecular complexity index is 595. The average Bonchev–Trinajstić information content (AvgIpc) is 2.35. The molecule has 1 aromatic rings. The Hall–Kier alpha value is -1.93. The van der Waals surface area contributed by atoms with E-state index in [-0.39, 0.29) is 29.7 Å². The van der Waals surface area contributed by atoms with Gasteiger partial charge in [-0.2, -0.15) is 0 Å². The summed E-state index contributed by atoms with van der Waals surface area (Å²) in [6.45, 7) is 1.71. The summed E-state index contributed by atoms with van der Waals surface area (Å²) in [5.74, 6) is -1.42. The fourth-order valence-electron chi connectivity index (χ4n) is 1.56. The molecule has 0 spiro atoms. The van der Waals surface area contributed by atoms with Crippen molar-refractivity contribution in [3.05, 3.63) is 29.8 Å². The van der Waals surface area contributed by atoms with E-state index < -0.39 is 16.0 Å². The smallest absolute Gasteiger partial charge is 0.303 e. The van der Waals surface area contributed by atoms with Crippen LogP contribution < -0.4 is 10.5 Å². The Kier molecular flexibility index (Phi) is 5.23. The van der Waals surface area contributed by atoms with Crippen LogP contribution in [0.5, 0.6) is 0 Å². The summed E-state index contributed by atoms with van der Waals surface area (Å²) in [6, 6.07) is 5.43. The number of aliphatic carboxylic acids is 1. The lowest BCUT2D eigenvalue weighted by Gasteiger charge is -2.14. The van der Waals surface area contributed by atoms with Crippen molar-refractivity contribution in [2.75, 3.05) is 0 Å². The maximum atomic E-state index is 11.5. The topological polar surface area (TPSA) is 127 Å². The number of carboxylic acid groups (broad SMARTS) is 1. The van der Waals surface area contributed by atoms with Gasteiger partial charge in [-0.15, -0.1) is 0 Å². The van der Waals surface area contributed by atoms with Gasteiger partial charge in [-0.05, 0) is 24.6 Å². The highest BCUT2D eigenvalue weighted by Gasteiger charge is 2.12. The highest BCUT2D eigenvalue weighted by Crippen LogP contribution is 2.15. The van der Waals surface area contributed by atoms with Crippen molar-refractivity contribution in [1.29, 1.82) is 0 Å². The average molecular weight is 300 g/mol. The van der Waals surface area contributed by atoms with E-state index in [1.54, 1.807) is 19.1 Å². The second-order valence-electron chi connectivity index (χ2n) is 4.30. The highest BCUT2D eigenvalue weighted by molar-refractivity contribution is 7.89. The molecular weight excluding hydrogens is 284 g/mol. The van der Waals surface area contributed by atoms with E-state index in [4.69, 9.17) is 10.2 Å². The van der Waals surface area contributed by atoms with Gasteiger partial charge in [-0.25, -0.2) is 13.6 Å². The first kappa shape index (κ1) is 16.1. The number of nitrogens with one attached hydrogen (secondary N) is 1. The van der Waals surface area contributed by atoms with E-state index in [1.807, 2.05) is 0 Å². The molecule has 0 radical (unpaired) electrons. The molecule has 1 atom stereocenters. The number of sulfonamides is 1. The molecule has 8 heteroatoms. The van der Waals surface area contributed by atoms with Gasteiger partial charge in [0.1, 0.15) is 0 Å². The Balaban J connectivity index is 2.66. The van der Waals surface area contributed by atoms with Crippen molar-refractivity contribution < 1.29 is 23.1 Å². The summed E-state index contributed by atoms with van der Waals surface area (Å²) >= 11 is 0. The maximum Gasteiger partial charge on any atom is 0.303 e. The summed E-state index contributed by atoms with van der Waals surface area (Å²) in [5, 5.41) is 16.1. The number of primary sulfonamides is 1. The number of nitrogens with two attached hydrogens (primary N) is 1. The number of carbonyl (C=O) groups is 2. The highest BCUT2D eigenvalue weighted by atomic mass is 32.2. The van der Waals surface area contributed by atoms with Crippen molar-refractivity contribution in [3.8, 4) is 0 Å². The summed E-state index contributed by atoms with van der Waals surface area (Å²) in [7, 11) is -3.74. The molecule has 1 rings (SSSR count). The monoisotopic (exact) mass is 300 g/mol. The molecule has 0 aliphatic heterocycles. The Morgan fingerprint density at radius 1 is 1.25 bits per heavy atom. The van der Waals surface area contributed by atoms with Gasteiger partial charge in [0.25, 0.3) is 0 Å². The van der Waals surface area contributed by atoms with Crippen LogP contribution >= 0.6 is 0 Å². The third kappa shape index (κ3) is 4.98. The molecule has 0 aromatic heterocycles. The zero-order valence-corrected chi connectivity index (χ0v) is 11.7. The zero-order valence-electron chi connectivity index (χ0n) is 10.9. The van der Waals surface area contributed by atoms with Crippen LogP contribution in [0.15, 0.2) is 29.2 Å². The number of benzene rings is 1. The SMILES string of the molecule is CC(NC(=O)CCC(=O)O)c1ccc(S(N)(=O)=O)cc1. The van der Waals surface area contributed by atoms with E-state index >= 15 is 0 Å². The first-order chi connectivity index (χ1) is 9.20. The maximum absolute atomic E-state index is 11.5. The third-order valence-electron chi connectivity index (χ3n) is 2.65. The fraction of sp³-hybridized carbons (Fsp3) is 0.333. The zero-order chi connectivity index (χ0) is 15.3. The third-order valence-corrected chi connectivity index (χ3v) is 3.58. The predicted molar refractivity (Wildman–Crippen MR) is 71.2 cm³/mol. The molecule has 1 amide bonds.